The minimum Gasteiger partial charge on any atom is -0.314 e. The van der Waals surface area contributed by atoms with Gasteiger partial charge in [-0.1, -0.05) is 22.9 Å². The SMILES string of the molecule is CC[C@@H](c1c(F)cc(Br)cc1F)N1CCNCC1.Cl. The smallest absolute Gasteiger partial charge is 0.132 e. The molecule has 1 aromatic rings. The van der Waals surface area contributed by atoms with Crippen molar-refractivity contribution in [3.8, 4) is 0 Å². The van der Waals surface area contributed by atoms with Gasteiger partial charge in [0.1, 0.15) is 11.6 Å². The second-order valence-corrected chi connectivity index (χ2v) is 5.41. The highest BCUT2D eigenvalue weighted by molar-refractivity contribution is 9.10. The van der Waals surface area contributed by atoms with E-state index in [2.05, 4.69) is 26.1 Å². The van der Waals surface area contributed by atoms with Crippen molar-refractivity contribution in [3.05, 3.63) is 33.8 Å². The summed E-state index contributed by atoms with van der Waals surface area (Å²) in [6, 6.07) is 2.49. The van der Waals surface area contributed by atoms with Gasteiger partial charge in [-0.2, -0.15) is 0 Å². The van der Waals surface area contributed by atoms with Crippen LogP contribution in [0.4, 0.5) is 8.78 Å². The Balaban J connectivity index is 0.00000180. The Morgan fingerprint density at radius 2 is 1.79 bits per heavy atom. The van der Waals surface area contributed by atoms with Crippen LogP contribution >= 0.6 is 28.3 Å². The molecular weight excluding hydrogens is 338 g/mol. The Hall–Kier alpha value is -0.230. The number of benzene rings is 1. The van der Waals surface area contributed by atoms with Crippen molar-refractivity contribution < 1.29 is 8.78 Å². The summed E-state index contributed by atoms with van der Waals surface area (Å²) in [4.78, 5) is 2.14. The van der Waals surface area contributed by atoms with Crippen LogP contribution in [0.3, 0.4) is 0 Å². The zero-order valence-electron chi connectivity index (χ0n) is 10.8. The highest BCUT2D eigenvalue weighted by atomic mass is 79.9. The lowest BCUT2D eigenvalue weighted by Crippen LogP contribution is -2.45. The average Bonchev–Trinajstić information content (AvgIpc) is 2.34. The molecule has 0 bridgehead atoms. The molecule has 0 spiro atoms. The number of hydrogen-bond acceptors (Lipinski definition) is 2. The number of nitrogens with zero attached hydrogens (tertiary/aromatic N) is 1. The minimum atomic E-state index is -0.466. The van der Waals surface area contributed by atoms with Gasteiger partial charge in [0, 0.05) is 42.3 Å². The Bertz CT molecular complexity index is 402. The van der Waals surface area contributed by atoms with E-state index in [4.69, 9.17) is 0 Å². The molecule has 1 N–H and O–H groups in total. The maximum absolute atomic E-state index is 14.0. The van der Waals surface area contributed by atoms with E-state index in [1.54, 1.807) is 0 Å². The zero-order valence-corrected chi connectivity index (χ0v) is 13.2. The average molecular weight is 356 g/mol. The first kappa shape index (κ1) is 16.8. The molecule has 19 heavy (non-hydrogen) atoms. The van der Waals surface area contributed by atoms with Gasteiger partial charge in [0.2, 0.25) is 0 Å². The number of halogens is 4. The fourth-order valence-corrected chi connectivity index (χ4v) is 2.91. The molecular formula is C13H18BrClF2N2. The van der Waals surface area contributed by atoms with Gasteiger partial charge < -0.3 is 5.32 Å². The molecule has 1 heterocycles. The summed E-state index contributed by atoms with van der Waals surface area (Å²) in [5.74, 6) is -0.931. The van der Waals surface area contributed by atoms with Crippen LogP contribution in [0.5, 0.6) is 0 Å². The third-order valence-electron chi connectivity index (χ3n) is 3.36. The van der Waals surface area contributed by atoms with E-state index >= 15 is 0 Å². The first-order valence-corrected chi connectivity index (χ1v) is 7.02. The molecule has 1 aromatic carbocycles. The molecule has 1 atom stereocenters. The lowest BCUT2D eigenvalue weighted by Gasteiger charge is -2.35. The van der Waals surface area contributed by atoms with Gasteiger partial charge in [0.25, 0.3) is 0 Å². The highest BCUT2D eigenvalue weighted by Crippen LogP contribution is 2.31. The molecule has 0 radical (unpaired) electrons. The summed E-state index contributed by atoms with van der Waals surface area (Å²) in [5, 5.41) is 3.25. The molecule has 0 unspecified atom stereocenters. The predicted octanol–water partition coefficient (Wildman–Crippen LogP) is 3.51. The van der Waals surface area contributed by atoms with Gasteiger partial charge in [-0.15, -0.1) is 12.4 Å². The van der Waals surface area contributed by atoms with E-state index in [-0.39, 0.29) is 24.0 Å². The normalized spacial score (nSPS) is 17.9. The zero-order chi connectivity index (χ0) is 13.1. The second kappa shape index (κ2) is 7.53. The molecule has 0 aromatic heterocycles. The molecule has 2 nitrogen and oxygen atoms in total. The fraction of sp³-hybridized carbons (Fsp3) is 0.538. The second-order valence-electron chi connectivity index (χ2n) is 4.49. The third-order valence-corrected chi connectivity index (χ3v) is 3.81. The van der Waals surface area contributed by atoms with E-state index in [0.29, 0.717) is 10.9 Å². The first-order valence-electron chi connectivity index (χ1n) is 6.22. The van der Waals surface area contributed by atoms with E-state index in [1.165, 1.54) is 12.1 Å². The van der Waals surface area contributed by atoms with Gasteiger partial charge in [-0.25, -0.2) is 8.78 Å². The summed E-state index contributed by atoms with van der Waals surface area (Å²) in [6.45, 7) is 5.36. The fourth-order valence-electron chi connectivity index (χ4n) is 2.51. The van der Waals surface area contributed by atoms with Crippen LogP contribution in [0, 0.1) is 11.6 Å². The summed E-state index contributed by atoms with van der Waals surface area (Å²) in [7, 11) is 0. The van der Waals surface area contributed by atoms with Crippen molar-refractivity contribution in [3.63, 3.8) is 0 Å². The molecule has 0 saturated carbocycles. The maximum Gasteiger partial charge on any atom is 0.132 e. The summed E-state index contributed by atoms with van der Waals surface area (Å²) >= 11 is 3.11. The van der Waals surface area contributed by atoms with E-state index < -0.39 is 11.6 Å². The van der Waals surface area contributed by atoms with E-state index in [9.17, 15) is 8.78 Å². The molecule has 1 aliphatic rings. The van der Waals surface area contributed by atoms with Gasteiger partial charge in [0.05, 0.1) is 0 Å². The van der Waals surface area contributed by atoms with Crippen LogP contribution in [0.25, 0.3) is 0 Å². The van der Waals surface area contributed by atoms with E-state index in [1.807, 2.05) is 6.92 Å². The third kappa shape index (κ3) is 3.88. The van der Waals surface area contributed by atoms with Crippen LogP contribution in [0.1, 0.15) is 24.9 Å². The molecule has 1 fully saturated rings. The Kier molecular flexibility index (Phi) is 6.66. The van der Waals surface area contributed by atoms with Gasteiger partial charge in [-0.3, -0.25) is 4.90 Å². The molecule has 0 aliphatic carbocycles. The van der Waals surface area contributed by atoms with Gasteiger partial charge >= 0.3 is 0 Å². The molecule has 2 rings (SSSR count). The van der Waals surface area contributed by atoms with Crippen LogP contribution in [0.15, 0.2) is 16.6 Å². The van der Waals surface area contributed by atoms with Crippen molar-refractivity contribution in [2.24, 2.45) is 0 Å². The lowest BCUT2D eigenvalue weighted by molar-refractivity contribution is 0.162. The summed E-state index contributed by atoms with van der Waals surface area (Å²) < 4.78 is 28.4. The largest absolute Gasteiger partial charge is 0.314 e. The molecule has 108 valence electrons. The Morgan fingerprint density at radius 3 is 2.26 bits per heavy atom. The van der Waals surface area contributed by atoms with Crippen LogP contribution < -0.4 is 5.32 Å². The lowest BCUT2D eigenvalue weighted by atomic mass is 10.0. The number of rotatable bonds is 3. The molecule has 1 saturated heterocycles. The van der Waals surface area contributed by atoms with E-state index in [0.717, 1.165) is 26.2 Å². The highest BCUT2D eigenvalue weighted by Gasteiger charge is 2.26. The number of piperazine rings is 1. The maximum atomic E-state index is 14.0. The topological polar surface area (TPSA) is 15.3 Å². The van der Waals surface area contributed by atoms with Gasteiger partial charge in [0.15, 0.2) is 0 Å². The standard InChI is InChI=1S/C13H17BrF2N2.ClH/c1-2-12(18-5-3-17-4-6-18)13-10(15)7-9(14)8-11(13)16;/h7-8,12,17H,2-6H2,1H3;1H/t12-;/m0./s1. The molecule has 1 aliphatic heterocycles. The van der Waals surface area contributed by atoms with Gasteiger partial charge in [-0.05, 0) is 18.6 Å². The number of hydrogen-bond donors (Lipinski definition) is 1. The monoisotopic (exact) mass is 354 g/mol. The Labute approximate surface area is 127 Å². The summed E-state index contributed by atoms with van der Waals surface area (Å²) in [5.41, 5.74) is 0.197. The van der Waals surface area contributed by atoms with Crippen LogP contribution in [-0.4, -0.2) is 31.1 Å². The van der Waals surface area contributed by atoms with Crippen molar-refractivity contribution in [1.82, 2.24) is 10.2 Å². The van der Waals surface area contributed by atoms with Crippen molar-refractivity contribution in [2.45, 2.75) is 19.4 Å². The van der Waals surface area contributed by atoms with Crippen molar-refractivity contribution >= 4 is 28.3 Å². The molecule has 0 amide bonds. The number of nitrogens with one attached hydrogen (secondary N) is 1. The summed E-state index contributed by atoms with van der Waals surface area (Å²) in [6.07, 6.45) is 0.704. The van der Waals surface area contributed by atoms with Crippen LogP contribution in [-0.2, 0) is 0 Å². The van der Waals surface area contributed by atoms with Crippen molar-refractivity contribution in [2.75, 3.05) is 26.2 Å². The van der Waals surface area contributed by atoms with Crippen molar-refractivity contribution in [1.29, 1.82) is 0 Å². The Morgan fingerprint density at radius 1 is 1.26 bits per heavy atom. The minimum absolute atomic E-state index is 0. The quantitative estimate of drug-likeness (QED) is 0.892. The predicted molar refractivity (Wildman–Crippen MR) is 78.8 cm³/mol. The van der Waals surface area contributed by atoms with Crippen LogP contribution in [0.2, 0.25) is 0 Å². The first-order chi connectivity index (χ1) is 8.63. The molecule has 6 heteroatoms.